The number of amides is 2. The van der Waals surface area contributed by atoms with Crippen molar-refractivity contribution in [2.24, 2.45) is 0 Å². The lowest BCUT2D eigenvalue weighted by Gasteiger charge is -2.29. The number of fused-ring (bicyclic) bond motifs is 2. The van der Waals surface area contributed by atoms with Gasteiger partial charge >= 0.3 is 6.09 Å². The lowest BCUT2D eigenvalue weighted by atomic mass is 9.92. The summed E-state index contributed by atoms with van der Waals surface area (Å²) in [5.41, 5.74) is 2.17. The summed E-state index contributed by atoms with van der Waals surface area (Å²) in [4.78, 5) is 28.9. The molecule has 6 aromatic rings. The van der Waals surface area contributed by atoms with Crippen molar-refractivity contribution in [2.45, 2.75) is 45.3 Å². The van der Waals surface area contributed by atoms with Crippen molar-refractivity contribution in [3.63, 3.8) is 0 Å². The topological polar surface area (TPSA) is 58.6 Å². The van der Waals surface area contributed by atoms with Crippen molar-refractivity contribution in [1.82, 2.24) is 4.90 Å². The largest absolute Gasteiger partial charge is 0.444 e. The van der Waals surface area contributed by atoms with Gasteiger partial charge in [-0.25, -0.2) is 4.79 Å². The number of likely N-dealkylation sites (tertiary alicyclic amines) is 1. The SMILES string of the molecule is CC(C)(C)OC(=O)N1CCCC1C(=O)Nc1ccc2ccccc2c1-c1c(P(c2ccccc2)c2ccccc2)ccc2ccccc12. The Morgan fingerprint density at radius 3 is 1.83 bits per heavy atom. The van der Waals surface area contributed by atoms with Crippen molar-refractivity contribution in [2.75, 3.05) is 11.9 Å². The van der Waals surface area contributed by atoms with E-state index in [1.165, 1.54) is 15.9 Å². The minimum Gasteiger partial charge on any atom is -0.444 e. The second-order valence-corrected chi connectivity index (χ2v) is 15.4. The van der Waals surface area contributed by atoms with Gasteiger partial charge in [0.1, 0.15) is 11.6 Å². The predicted octanol–water partition coefficient (Wildman–Crippen LogP) is 8.76. The van der Waals surface area contributed by atoms with Crippen molar-refractivity contribution >= 4 is 63.1 Å². The third-order valence-electron chi connectivity index (χ3n) is 8.80. The maximum absolute atomic E-state index is 14.2. The van der Waals surface area contributed by atoms with E-state index in [4.69, 9.17) is 4.74 Å². The highest BCUT2D eigenvalue weighted by Gasteiger charge is 2.37. The fourth-order valence-electron chi connectivity index (χ4n) is 6.73. The van der Waals surface area contributed by atoms with E-state index in [0.29, 0.717) is 13.0 Å². The minimum absolute atomic E-state index is 0.204. The van der Waals surface area contributed by atoms with Crippen molar-refractivity contribution < 1.29 is 14.3 Å². The van der Waals surface area contributed by atoms with Gasteiger partial charge in [0, 0.05) is 23.4 Å². The van der Waals surface area contributed by atoms with Crippen molar-refractivity contribution in [3.8, 4) is 11.1 Å². The Labute approximate surface area is 283 Å². The van der Waals surface area contributed by atoms with Gasteiger partial charge in [0.15, 0.2) is 0 Å². The molecule has 2 amide bonds. The molecule has 0 spiro atoms. The maximum Gasteiger partial charge on any atom is 0.410 e. The molecule has 6 aromatic carbocycles. The number of nitrogens with one attached hydrogen (secondary N) is 1. The number of nitrogens with zero attached hydrogens (tertiary/aromatic N) is 1. The second kappa shape index (κ2) is 13.3. The van der Waals surface area contributed by atoms with Crippen LogP contribution in [-0.4, -0.2) is 35.1 Å². The Kier molecular flexibility index (Phi) is 8.73. The minimum atomic E-state index is -0.972. The first-order valence-corrected chi connectivity index (χ1v) is 17.9. The number of hydrogen-bond acceptors (Lipinski definition) is 3. The molecule has 48 heavy (non-hydrogen) atoms. The molecular formula is C42H39N2O3P. The van der Waals surface area contributed by atoms with Gasteiger partial charge in [-0.2, -0.15) is 0 Å². The van der Waals surface area contributed by atoms with Gasteiger partial charge in [-0.3, -0.25) is 9.69 Å². The summed E-state index contributed by atoms with van der Waals surface area (Å²) in [6.07, 6.45) is 0.876. The van der Waals surface area contributed by atoms with Gasteiger partial charge in [0.05, 0.1) is 0 Å². The van der Waals surface area contributed by atoms with Gasteiger partial charge < -0.3 is 10.1 Å². The molecule has 0 aliphatic carbocycles. The summed E-state index contributed by atoms with van der Waals surface area (Å²) in [6, 6.07) is 46.2. The molecule has 1 N–H and O–H groups in total. The highest BCUT2D eigenvalue weighted by atomic mass is 31.1. The number of benzene rings is 6. The first-order chi connectivity index (χ1) is 23.3. The molecule has 1 heterocycles. The van der Waals surface area contributed by atoms with Crippen LogP contribution in [0.15, 0.2) is 133 Å². The van der Waals surface area contributed by atoms with Gasteiger partial charge in [-0.1, -0.05) is 127 Å². The molecule has 1 aliphatic rings. The monoisotopic (exact) mass is 650 g/mol. The number of hydrogen-bond donors (Lipinski definition) is 1. The second-order valence-electron chi connectivity index (χ2n) is 13.2. The standard InChI is InChI=1S/C42H39N2O3P/c1-42(2,3)47-41(46)44-28-14-23-36(44)40(45)43-35-26-24-29-15-10-12-21-33(29)38(35)39-34-22-13-11-16-30(34)25-27-37(39)48(31-17-6-4-7-18-31)32-19-8-5-9-20-32/h4-13,15-22,24-27,36H,14,23,28H2,1-3H3,(H,43,45). The molecule has 7 rings (SSSR count). The van der Waals surface area contributed by atoms with Crippen LogP contribution in [0.5, 0.6) is 0 Å². The smallest absolute Gasteiger partial charge is 0.410 e. The summed E-state index contributed by atoms with van der Waals surface area (Å²) >= 11 is 0. The number of anilines is 1. The summed E-state index contributed by atoms with van der Waals surface area (Å²) < 4.78 is 5.69. The molecule has 1 saturated heterocycles. The molecule has 6 heteroatoms. The lowest BCUT2D eigenvalue weighted by molar-refractivity contribution is -0.120. The molecule has 5 nitrogen and oxygen atoms in total. The van der Waals surface area contributed by atoms with Crippen LogP contribution in [0.3, 0.4) is 0 Å². The van der Waals surface area contributed by atoms with Crippen molar-refractivity contribution in [3.05, 3.63) is 133 Å². The van der Waals surface area contributed by atoms with E-state index in [1.807, 2.05) is 32.9 Å². The van der Waals surface area contributed by atoms with E-state index < -0.39 is 25.7 Å². The van der Waals surface area contributed by atoms with Crippen LogP contribution in [0.1, 0.15) is 33.6 Å². The molecule has 0 radical (unpaired) electrons. The first-order valence-electron chi connectivity index (χ1n) is 16.5. The third-order valence-corrected chi connectivity index (χ3v) is 11.3. The van der Waals surface area contributed by atoms with E-state index in [0.717, 1.165) is 44.8 Å². The van der Waals surface area contributed by atoms with E-state index in [1.54, 1.807) is 4.90 Å². The Bertz CT molecular complexity index is 2070. The fraction of sp³-hybridized carbons (Fsp3) is 0.190. The highest BCUT2D eigenvalue weighted by Crippen LogP contribution is 2.45. The fourth-order valence-corrected chi connectivity index (χ4v) is 9.20. The molecule has 1 unspecified atom stereocenters. The molecule has 0 aromatic heterocycles. The molecule has 1 fully saturated rings. The molecule has 1 aliphatic heterocycles. The summed E-state index contributed by atoms with van der Waals surface area (Å²) in [6.45, 7) is 6.03. The average Bonchev–Trinajstić information content (AvgIpc) is 3.60. The number of carbonyl (C=O) groups is 2. The lowest BCUT2D eigenvalue weighted by Crippen LogP contribution is -2.45. The Hall–Kier alpha value is -4.99. The third kappa shape index (κ3) is 6.31. The molecule has 0 bridgehead atoms. The van der Waals surface area contributed by atoms with Crippen LogP contribution < -0.4 is 21.2 Å². The molecular weight excluding hydrogens is 611 g/mol. The van der Waals surface area contributed by atoms with Crippen LogP contribution in [-0.2, 0) is 9.53 Å². The van der Waals surface area contributed by atoms with Gasteiger partial charge in [-0.15, -0.1) is 0 Å². The van der Waals surface area contributed by atoms with Gasteiger partial charge in [0.25, 0.3) is 0 Å². The molecule has 0 saturated carbocycles. The molecule has 1 atom stereocenters. The first kappa shape index (κ1) is 31.6. The van der Waals surface area contributed by atoms with E-state index >= 15 is 0 Å². The van der Waals surface area contributed by atoms with E-state index in [-0.39, 0.29) is 5.91 Å². The van der Waals surface area contributed by atoms with Crippen LogP contribution in [0.2, 0.25) is 0 Å². The summed E-state index contributed by atoms with van der Waals surface area (Å²) in [5, 5.41) is 11.4. The number of rotatable bonds is 6. The Morgan fingerprint density at radius 2 is 1.23 bits per heavy atom. The Balaban J connectivity index is 1.43. The van der Waals surface area contributed by atoms with Crippen molar-refractivity contribution in [1.29, 1.82) is 0 Å². The number of carbonyl (C=O) groups excluding carboxylic acids is 2. The average molecular weight is 651 g/mol. The quantitative estimate of drug-likeness (QED) is 0.184. The predicted molar refractivity (Wildman–Crippen MR) is 200 cm³/mol. The normalized spacial score (nSPS) is 14.8. The summed E-state index contributed by atoms with van der Waals surface area (Å²) in [5.74, 6) is -0.204. The van der Waals surface area contributed by atoms with Crippen LogP contribution in [0.25, 0.3) is 32.7 Å². The van der Waals surface area contributed by atoms with Gasteiger partial charge in [-0.05, 0) is 85.1 Å². The maximum atomic E-state index is 14.2. The molecule has 240 valence electrons. The zero-order chi connectivity index (χ0) is 33.3. The van der Waals surface area contributed by atoms with Crippen LogP contribution in [0, 0.1) is 0 Å². The van der Waals surface area contributed by atoms with E-state index in [9.17, 15) is 9.59 Å². The highest BCUT2D eigenvalue weighted by molar-refractivity contribution is 7.80. The van der Waals surface area contributed by atoms with Gasteiger partial charge in [0.2, 0.25) is 5.91 Å². The van der Waals surface area contributed by atoms with Crippen LogP contribution in [0.4, 0.5) is 10.5 Å². The zero-order valence-corrected chi connectivity index (χ0v) is 28.4. The van der Waals surface area contributed by atoms with Crippen LogP contribution >= 0.6 is 7.92 Å². The van der Waals surface area contributed by atoms with E-state index in [2.05, 4.69) is 127 Å². The zero-order valence-electron chi connectivity index (χ0n) is 27.5. The number of ether oxygens (including phenoxy) is 1. The summed E-state index contributed by atoms with van der Waals surface area (Å²) in [7, 11) is -0.972. The Morgan fingerprint density at radius 1 is 0.688 bits per heavy atom.